The van der Waals surface area contributed by atoms with Crippen LogP contribution in [0.2, 0.25) is 0 Å². The predicted molar refractivity (Wildman–Crippen MR) is 82.2 cm³/mol. The van der Waals surface area contributed by atoms with Crippen LogP contribution in [0.1, 0.15) is 17.7 Å². The number of benzene rings is 1. The third-order valence-electron chi connectivity index (χ3n) is 3.79. The number of amides is 1. The Hall–Kier alpha value is -2.56. The highest BCUT2D eigenvalue weighted by atomic mass is 16.2. The summed E-state index contributed by atoms with van der Waals surface area (Å²) >= 11 is 0. The average Bonchev–Trinajstić information content (AvgIpc) is 2.93. The lowest BCUT2D eigenvalue weighted by Crippen LogP contribution is -2.29. The second kappa shape index (κ2) is 5.44. The molecule has 1 aliphatic carbocycles. The molecule has 108 valence electrons. The molecule has 1 aromatic heterocycles. The minimum Gasteiger partial charge on any atom is -0.397 e. The van der Waals surface area contributed by atoms with Gasteiger partial charge in [-0.25, -0.2) is 0 Å². The number of pyridine rings is 1. The van der Waals surface area contributed by atoms with Crippen LogP contribution >= 0.6 is 0 Å². The lowest BCUT2D eigenvalue weighted by molar-refractivity contribution is -0.116. The summed E-state index contributed by atoms with van der Waals surface area (Å²) in [6, 6.07) is 10.5. The number of hydrogen-bond donors (Lipinski definition) is 2. The van der Waals surface area contributed by atoms with E-state index in [1.807, 2.05) is 6.07 Å². The van der Waals surface area contributed by atoms with E-state index in [-0.39, 0.29) is 18.0 Å². The van der Waals surface area contributed by atoms with Crippen molar-refractivity contribution in [2.75, 3.05) is 11.1 Å². The van der Waals surface area contributed by atoms with Gasteiger partial charge in [0.15, 0.2) is 0 Å². The Bertz CT molecular complexity index is 749. The Balaban J connectivity index is 1.82. The van der Waals surface area contributed by atoms with Gasteiger partial charge in [0.25, 0.3) is 5.56 Å². The molecule has 1 aliphatic rings. The van der Waals surface area contributed by atoms with Crippen molar-refractivity contribution in [3.8, 4) is 0 Å². The number of anilines is 2. The zero-order valence-corrected chi connectivity index (χ0v) is 11.6. The van der Waals surface area contributed by atoms with Crippen molar-refractivity contribution >= 4 is 17.3 Å². The summed E-state index contributed by atoms with van der Waals surface area (Å²) in [5.41, 5.74) is 8.90. The molecule has 5 nitrogen and oxygen atoms in total. The Kier molecular flexibility index (Phi) is 3.48. The van der Waals surface area contributed by atoms with Crippen LogP contribution in [0, 0.1) is 0 Å². The molecule has 0 spiro atoms. The standard InChI is InChI=1S/C16H17N3O2/c17-12-5-1-2-6-13(12)18-15(20)10-19-14-7-3-4-11(14)8-9-16(19)21/h1-2,5-6,8-9H,3-4,7,10,17H2,(H,18,20). The molecule has 0 saturated heterocycles. The molecule has 0 saturated carbocycles. The lowest BCUT2D eigenvalue weighted by atomic mass is 10.2. The summed E-state index contributed by atoms with van der Waals surface area (Å²) in [6.07, 6.45) is 2.86. The fourth-order valence-electron chi connectivity index (χ4n) is 2.75. The van der Waals surface area contributed by atoms with Gasteiger partial charge in [0, 0.05) is 11.8 Å². The number of fused-ring (bicyclic) bond motifs is 1. The Labute approximate surface area is 122 Å². The molecular weight excluding hydrogens is 266 g/mol. The number of rotatable bonds is 3. The molecule has 0 aliphatic heterocycles. The molecule has 0 fully saturated rings. The molecule has 3 N–H and O–H groups in total. The maximum Gasteiger partial charge on any atom is 0.251 e. The van der Waals surface area contributed by atoms with Crippen LogP contribution in [0.3, 0.4) is 0 Å². The zero-order chi connectivity index (χ0) is 14.8. The van der Waals surface area contributed by atoms with Crippen LogP contribution < -0.4 is 16.6 Å². The molecule has 0 radical (unpaired) electrons. The summed E-state index contributed by atoms with van der Waals surface area (Å²) in [7, 11) is 0. The zero-order valence-electron chi connectivity index (χ0n) is 11.6. The highest BCUT2D eigenvalue weighted by Gasteiger charge is 2.17. The van der Waals surface area contributed by atoms with E-state index in [2.05, 4.69) is 5.32 Å². The van der Waals surface area contributed by atoms with E-state index in [9.17, 15) is 9.59 Å². The second-order valence-electron chi connectivity index (χ2n) is 5.22. The van der Waals surface area contributed by atoms with Crippen molar-refractivity contribution in [1.29, 1.82) is 0 Å². The van der Waals surface area contributed by atoms with Gasteiger partial charge < -0.3 is 15.6 Å². The van der Waals surface area contributed by atoms with E-state index >= 15 is 0 Å². The van der Waals surface area contributed by atoms with Gasteiger partial charge in [0.05, 0.1) is 11.4 Å². The average molecular weight is 283 g/mol. The van der Waals surface area contributed by atoms with Crippen LogP contribution in [0.25, 0.3) is 0 Å². The monoisotopic (exact) mass is 283 g/mol. The predicted octanol–water partition coefficient (Wildman–Crippen LogP) is 1.56. The molecule has 2 aromatic rings. The number of nitrogens with one attached hydrogen (secondary N) is 1. The van der Waals surface area contributed by atoms with Crippen molar-refractivity contribution in [1.82, 2.24) is 4.57 Å². The molecule has 0 atom stereocenters. The highest BCUT2D eigenvalue weighted by Crippen LogP contribution is 2.20. The number of hydrogen-bond acceptors (Lipinski definition) is 3. The number of para-hydroxylation sites is 2. The second-order valence-corrected chi connectivity index (χ2v) is 5.22. The summed E-state index contributed by atoms with van der Waals surface area (Å²) < 4.78 is 1.57. The number of aromatic nitrogens is 1. The molecule has 3 rings (SSSR count). The van der Waals surface area contributed by atoms with Gasteiger partial charge in [-0.2, -0.15) is 0 Å². The Morgan fingerprint density at radius 1 is 1.19 bits per heavy atom. The van der Waals surface area contributed by atoms with E-state index in [0.29, 0.717) is 11.4 Å². The fourth-order valence-corrected chi connectivity index (χ4v) is 2.75. The maximum atomic E-state index is 12.2. The number of carbonyl (C=O) groups is 1. The van der Waals surface area contributed by atoms with Crippen LogP contribution in [0.5, 0.6) is 0 Å². The van der Waals surface area contributed by atoms with Crippen LogP contribution in [0.4, 0.5) is 11.4 Å². The first-order valence-electron chi connectivity index (χ1n) is 7.01. The van der Waals surface area contributed by atoms with Crippen molar-refractivity contribution in [3.63, 3.8) is 0 Å². The van der Waals surface area contributed by atoms with Crippen LogP contribution in [-0.4, -0.2) is 10.5 Å². The van der Waals surface area contributed by atoms with E-state index in [1.165, 1.54) is 11.6 Å². The van der Waals surface area contributed by atoms with E-state index in [1.54, 1.807) is 28.8 Å². The van der Waals surface area contributed by atoms with Gasteiger partial charge in [-0.1, -0.05) is 18.2 Å². The Morgan fingerprint density at radius 2 is 2.00 bits per heavy atom. The highest BCUT2D eigenvalue weighted by molar-refractivity contribution is 5.93. The molecule has 1 aromatic carbocycles. The summed E-state index contributed by atoms with van der Waals surface area (Å²) in [5, 5.41) is 2.75. The van der Waals surface area contributed by atoms with Gasteiger partial charge in [-0.15, -0.1) is 0 Å². The minimum atomic E-state index is -0.240. The van der Waals surface area contributed by atoms with Gasteiger partial charge in [-0.05, 0) is 37.0 Å². The number of aryl methyl sites for hydroxylation is 1. The van der Waals surface area contributed by atoms with Crippen LogP contribution in [-0.2, 0) is 24.2 Å². The SMILES string of the molecule is Nc1ccccc1NC(=O)Cn1c2c(ccc1=O)CCC2. The summed E-state index contributed by atoms with van der Waals surface area (Å²) in [6.45, 7) is 0.0241. The molecule has 0 bridgehead atoms. The van der Waals surface area contributed by atoms with Gasteiger partial charge in [0.1, 0.15) is 6.54 Å². The Morgan fingerprint density at radius 3 is 2.81 bits per heavy atom. The molecule has 0 unspecified atom stereocenters. The van der Waals surface area contributed by atoms with Gasteiger partial charge in [0.2, 0.25) is 5.91 Å². The van der Waals surface area contributed by atoms with Gasteiger partial charge >= 0.3 is 0 Å². The maximum absolute atomic E-state index is 12.2. The first-order chi connectivity index (χ1) is 10.1. The molecule has 5 heteroatoms. The first kappa shape index (κ1) is 13.4. The summed E-state index contributed by atoms with van der Waals surface area (Å²) in [4.78, 5) is 24.2. The number of nitrogens with zero attached hydrogens (tertiary/aromatic N) is 1. The van der Waals surface area contributed by atoms with Crippen molar-refractivity contribution in [2.24, 2.45) is 0 Å². The molecule has 21 heavy (non-hydrogen) atoms. The van der Waals surface area contributed by atoms with E-state index in [0.717, 1.165) is 25.0 Å². The van der Waals surface area contributed by atoms with Crippen LogP contribution in [0.15, 0.2) is 41.2 Å². The normalized spacial score (nSPS) is 13.0. The van der Waals surface area contributed by atoms with Crippen molar-refractivity contribution in [3.05, 3.63) is 58.0 Å². The quantitative estimate of drug-likeness (QED) is 0.839. The van der Waals surface area contributed by atoms with E-state index < -0.39 is 0 Å². The molecule has 1 heterocycles. The molecular formula is C16H17N3O2. The smallest absolute Gasteiger partial charge is 0.251 e. The number of nitrogens with two attached hydrogens (primary N) is 1. The fraction of sp³-hybridized carbons (Fsp3) is 0.250. The summed E-state index contributed by atoms with van der Waals surface area (Å²) in [5.74, 6) is -0.240. The number of nitrogen functional groups attached to an aromatic ring is 1. The largest absolute Gasteiger partial charge is 0.397 e. The lowest BCUT2D eigenvalue weighted by Gasteiger charge is -2.12. The first-order valence-corrected chi connectivity index (χ1v) is 7.01. The number of carbonyl (C=O) groups excluding carboxylic acids is 1. The van der Waals surface area contributed by atoms with Crippen molar-refractivity contribution < 1.29 is 4.79 Å². The third-order valence-corrected chi connectivity index (χ3v) is 3.79. The third kappa shape index (κ3) is 2.67. The topological polar surface area (TPSA) is 77.1 Å². The van der Waals surface area contributed by atoms with Crippen molar-refractivity contribution in [2.45, 2.75) is 25.8 Å². The minimum absolute atomic E-state index is 0.0241. The van der Waals surface area contributed by atoms with E-state index in [4.69, 9.17) is 5.73 Å². The van der Waals surface area contributed by atoms with Gasteiger partial charge in [-0.3, -0.25) is 9.59 Å². The molecule has 1 amide bonds.